The lowest BCUT2D eigenvalue weighted by Crippen LogP contribution is -2.56. The summed E-state index contributed by atoms with van der Waals surface area (Å²) in [6.07, 6.45) is 0.329. The molecule has 2 aliphatic rings. The van der Waals surface area contributed by atoms with Crippen LogP contribution in [0.25, 0.3) is 0 Å². The van der Waals surface area contributed by atoms with Gasteiger partial charge in [0.15, 0.2) is 0 Å². The molecule has 0 saturated carbocycles. The standard InChI is InChI=1S/C21H31BrN4O5S/c1-14-12-24(8-9-25(14)20(28)31-21(2,3)4)13-19(27)26-7-6-15-10-16(22)18(11-17(15)26)32(29,30)23-5/h10-11,14,23H,6-9,12-13H2,1-5H3. The molecule has 1 aromatic carbocycles. The number of nitrogens with zero attached hydrogens (tertiary/aromatic N) is 3. The van der Waals surface area contributed by atoms with Crippen molar-refractivity contribution in [2.75, 3.05) is 44.7 Å². The van der Waals surface area contributed by atoms with E-state index in [0.29, 0.717) is 42.8 Å². The van der Waals surface area contributed by atoms with Crippen molar-refractivity contribution in [3.8, 4) is 0 Å². The molecule has 0 spiro atoms. The minimum atomic E-state index is -3.66. The molecule has 2 amide bonds. The quantitative estimate of drug-likeness (QED) is 0.640. The van der Waals surface area contributed by atoms with Gasteiger partial charge in [-0.1, -0.05) is 0 Å². The van der Waals surface area contributed by atoms with Crippen LogP contribution in [-0.4, -0.2) is 81.6 Å². The van der Waals surface area contributed by atoms with Gasteiger partial charge < -0.3 is 14.5 Å². The fraction of sp³-hybridized carbons (Fsp3) is 0.619. The zero-order valence-electron chi connectivity index (χ0n) is 19.1. The van der Waals surface area contributed by atoms with E-state index in [4.69, 9.17) is 4.74 Å². The van der Waals surface area contributed by atoms with Gasteiger partial charge in [0.1, 0.15) is 5.60 Å². The Hall–Kier alpha value is -1.69. The number of nitrogens with one attached hydrogen (secondary N) is 1. The number of halogens is 1. The first kappa shape index (κ1) is 24.9. The predicted octanol–water partition coefficient (Wildman–Crippen LogP) is 2.19. The monoisotopic (exact) mass is 530 g/mol. The molecular formula is C21H31BrN4O5S. The second-order valence-electron chi connectivity index (χ2n) is 9.17. The topological polar surface area (TPSA) is 99.3 Å². The van der Waals surface area contributed by atoms with E-state index in [1.807, 2.05) is 32.6 Å². The molecule has 0 radical (unpaired) electrons. The van der Waals surface area contributed by atoms with Gasteiger partial charge in [-0.15, -0.1) is 0 Å². The summed E-state index contributed by atoms with van der Waals surface area (Å²) in [6.45, 7) is 9.78. The Morgan fingerprint density at radius 2 is 1.91 bits per heavy atom. The largest absolute Gasteiger partial charge is 0.444 e. The fourth-order valence-corrected chi connectivity index (χ4v) is 5.84. The Labute approximate surface area is 198 Å². The molecule has 32 heavy (non-hydrogen) atoms. The van der Waals surface area contributed by atoms with Gasteiger partial charge in [-0.3, -0.25) is 9.69 Å². The van der Waals surface area contributed by atoms with Crippen LogP contribution in [0.2, 0.25) is 0 Å². The summed E-state index contributed by atoms with van der Waals surface area (Å²) in [4.78, 5) is 31.0. The highest BCUT2D eigenvalue weighted by molar-refractivity contribution is 9.10. The molecule has 0 aliphatic carbocycles. The SMILES string of the molecule is CNS(=O)(=O)c1cc2c(cc1Br)CCN2C(=O)CN1CCN(C(=O)OC(C)(C)C)C(C)C1. The first-order valence-electron chi connectivity index (χ1n) is 10.6. The number of ether oxygens (including phenoxy) is 1. The van der Waals surface area contributed by atoms with E-state index in [1.165, 1.54) is 7.05 Å². The maximum Gasteiger partial charge on any atom is 0.410 e. The molecule has 1 fully saturated rings. The van der Waals surface area contributed by atoms with Crippen molar-refractivity contribution in [2.24, 2.45) is 0 Å². The molecule has 0 bridgehead atoms. The number of carbonyl (C=O) groups is 2. The second kappa shape index (κ2) is 9.28. The number of sulfonamides is 1. The number of carbonyl (C=O) groups excluding carboxylic acids is 2. The lowest BCUT2D eigenvalue weighted by molar-refractivity contribution is -0.120. The van der Waals surface area contributed by atoms with Crippen molar-refractivity contribution in [1.82, 2.24) is 14.5 Å². The maximum absolute atomic E-state index is 13.1. The van der Waals surface area contributed by atoms with Crippen LogP contribution in [-0.2, 0) is 26.0 Å². The predicted molar refractivity (Wildman–Crippen MR) is 125 cm³/mol. The summed E-state index contributed by atoms with van der Waals surface area (Å²) in [7, 11) is -2.30. The Morgan fingerprint density at radius 3 is 2.50 bits per heavy atom. The molecule has 2 aliphatic heterocycles. The van der Waals surface area contributed by atoms with Gasteiger partial charge in [0.2, 0.25) is 15.9 Å². The number of benzene rings is 1. The highest BCUT2D eigenvalue weighted by Crippen LogP contribution is 2.35. The van der Waals surface area contributed by atoms with Crippen LogP contribution >= 0.6 is 15.9 Å². The summed E-state index contributed by atoms with van der Waals surface area (Å²) in [5.41, 5.74) is 1.01. The first-order valence-corrected chi connectivity index (χ1v) is 12.9. The van der Waals surface area contributed by atoms with Crippen molar-refractivity contribution < 1.29 is 22.7 Å². The molecule has 1 atom stereocenters. The number of hydrogen-bond donors (Lipinski definition) is 1. The number of anilines is 1. The van der Waals surface area contributed by atoms with Crippen LogP contribution in [0.1, 0.15) is 33.3 Å². The van der Waals surface area contributed by atoms with Crippen molar-refractivity contribution in [1.29, 1.82) is 0 Å². The summed E-state index contributed by atoms with van der Waals surface area (Å²) >= 11 is 3.33. The lowest BCUT2D eigenvalue weighted by Gasteiger charge is -2.40. The van der Waals surface area contributed by atoms with E-state index >= 15 is 0 Å². The number of amides is 2. The third kappa shape index (κ3) is 5.44. The normalized spacial score (nSPS) is 19.8. The van der Waals surface area contributed by atoms with Crippen molar-refractivity contribution in [3.05, 3.63) is 22.2 Å². The fourth-order valence-electron chi connectivity index (χ4n) is 4.01. The average molecular weight is 531 g/mol. The average Bonchev–Trinajstić information content (AvgIpc) is 3.08. The minimum absolute atomic E-state index is 0.0828. The molecule has 178 valence electrons. The van der Waals surface area contributed by atoms with Gasteiger partial charge in [0.25, 0.3) is 0 Å². The lowest BCUT2D eigenvalue weighted by atomic mass is 10.1. The first-order chi connectivity index (χ1) is 14.8. The molecule has 1 unspecified atom stereocenters. The number of rotatable bonds is 4. The number of fused-ring (bicyclic) bond motifs is 1. The van der Waals surface area contributed by atoms with E-state index in [9.17, 15) is 18.0 Å². The van der Waals surface area contributed by atoms with E-state index in [0.717, 1.165) is 5.56 Å². The van der Waals surface area contributed by atoms with Crippen LogP contribution < -0.4 is 9.62 Å². The molecule has 11 heteroatoms. The van der Waals surface area contributed by atoms with Crippen molar-refractivity contribution >= 4 is 43.6 Å². The van der Waals surface area contributed by atoms with Crippen molar-refractivity contribution in [3.63, 3.8) is 0 Å². The zero-order chi connectivity index (χ0) is 23.8. The minimum Gasteiger partial charge on any atom is -0.444 e. The van der Waals surface area contributed by atoms with Gasteiger partial charge in [-0.25, -0.2) is 17.9 Å². The van der Waals surface area contributed by atoms with Gasteiger partial charge in [-0.05, 0) is 74.8 Å². The molecule has 2 heterocycles. The molecular weight excluding hydrogens is 500 g/mol. The number of piperazine rings is 1. The Balaban J connectivity index is 1.68. The third-order valence-corrected chi connectivity index (χ3v) is 7.96. The van der Waals surface area contributed by atoms with E-state index < -0.39 is 15.6 Å². The molecule has 1 N–H and O–H groups in total. The summed E-state index contributed by atoms with van der Waals surface area (Å²) < 4.78 is 32.9. The van der Waals surface area contributed by atoms with Gasteiger partial charge in [-0.2, -0.15) is 0 Å². The van der Waals surface area contributed by atoms with Crippen LogP contribution in [0.4, 0.5) is 10.5 Å². The molecule has 3 rings (SSSR count). The molecule has 1 saturated heterocycles. The van der Waals surface area contributed by atoms with Crippen LogP contribution in [0, 0.1) is 0 Å². The van der Waals surface area contributed by atoms with Crippen molar-refractivity contribution in [2.45, 2.75) is 50.7 Å². The van der Waals surface area contributed by atoms with Crippen LogP contribution in [0.5, 0.6) is 0 Å². The third-order valence-electron chi connectivity index (χ3n) is 5.59. The van der Waals surface area contributed by atoms with E-state index in [-0.39, 0.29) is 29.5 Å². The smallest absolute Gasteiger partial charge is 0.410 e. The maximum atomic E-state index is 13.1. The highest BCUT2D eigenvalue weighted by Gasteiger charge is 2.34. The Kier molecular flexibility index (Phi) is 7.23. The summed E-state index contributed by atoms with van der Waals surface area (Å²) in [5, 5.41) is 0. The second-order valence-corrected chi connectivity index (χ2v) is 11.9. The van der Waals surface area contributed by atoms with E-state index in [2.05, 4.69) is 20.7 Å². The van der Waals surface area contributed by atoms with Crippen LogP contribution in [0.15, 0.2) is 21.5 Å². The molecule has 0 aromatic heterocycles. The summed E-state index contributed by atoms with van der Waals surface area (Å²) in [6, 6.07) is 3.24. The zero-order valence-corrected chi connectivity index (χ0v) is 21.5. The molecule has 1 aromatic rings. The molecule has 9 nitrogen and oxygen atoms in total. The highest BCUT2D eigenvalue weighted by atomic mass is 79.9. The van der Waals surface area contributed by atoms with Gasteiger partial charge in [0.05, 0.1) is 11.4 Å². The number of hydrogen-bond acceptors (Lipinski definition) is 6. The Morgan fingerprint density at radius 1 is 1.22 bits per heavy atom. The van der Waals surface area contributed by atoms with Gasteiger partial charge in [0, 0.05) is 42.4 Å². The van der Waals surface area contributed by atoms with Gasteiger partial charge >= 0.3 is 6.09 Å². The Bertz CT molecular complexity index is 1010. The summed E-state index contributed by atoms with van der Waals surface area (Å²) in [5.74, 6) is -0.0863. The van der Waals surface area contributed by atoms with Crippen LogP contribution in [0.3, 0.4) is 0 Å². The van der Waals surface area contributed by atoms with E-state index in [1.54, 1.807) is 21.9 Å².